The smallest absolute Gasteiger partial charge is 0.214 e. The summed E-state index contributed by atoms with van der Waals surface area (Å²) in [5.74, 6) is 0.353. The van der Waals surface area contributed by atoms with Crippen molar-refractivity contribution in [1.82, 2.24) is 9.62 Å². The summed E-state index contributed by atoms with van der Waals surface area (Å²) < 4.78 is 37.6. The van der Waals surface area contributed by atoms with Crippen molar-refractivity contribution in [2.45, 2.75) is 18.9 Å². The molecule has 1 unspecified atom stereocenters. The van der Waals surface area contributed by atoms with Gasteiger partial charge in [0.2, 0.25) is 10.0 Å². The van der Waals surface area contributed by atoms with E-state index in [1.54, 1.807) is 12.1 Å². The van der Waals surface area contributed by atoms with Crippen LogP contribution < -0.4 is 5.32 Å². The van der Waals surface area contributed by atoms with E-state index in [1.807, 2.05) is 0 Å². The number of benzene rings is 1. The van der Waals surface area contributed by atoms with Crippen LogP contribution in [-0.2, 0) is 10.0 Å². The summed E-state index contributed by atoms with van der Waals surface area (Å²) in [4.78, 5) is 0. The van der Waals surface area contributed by atoms with Gasteiger partial charge in [0.25, 0.3) is 0 Å². The Bertz CT molecular complexity index is 539. The highest BCUT2D eigenvalue weighted by Gasteiger charge is 2.32. The zero-order valence-corrected chi connectivity index (χ0v) is 12.7. The van der Waals surface area contributed by atoms with Crippen molar-refractivity contribution >= 4 is 10.0 Å². The molecule has 20 heavy (non-hydrogen) atoms. The van der Waals surface area contributed by atoms with Crippen LogP contribution in [0.2, 0.25) is 0 Å². The molecule has 0 bridgehead atoms. The Balaban J connectivity index is 1.96. The van der Waals surface area contributed by atoms with Crippen molar-refractivity contribution in [2.24, 2.45) is 5.92 Å². The van der Waals surface area contributed by atoms with Gasteiger partial charge in [0.15, 0.2) is 0 Å². The number of nitrogens with one attached hydrogen (secondary N) is 1. The molecule has 1 aromatic rings. The maximum Gasteiger partial charge on any atom is 0.214 e. The quantitative estimate of drug-likeness (QED) is 0.835. The highest BCUT2D eigenvalue weighted by molar-refractivity contribution is 7.89. The first-order valence-electron chi connectivity index (χ1n) is 6.79. The van der Waals surface area contributed by atoms with Crippen molar-refractivity contribution in [3.63, 3.8) is 0 Å². The van der Waals surface area contributed by atoms with Crippen molar-refractivity contribution < 1.29 is 12.8 Å². The van der Waals surface area contributed by atoms with Crippen LogP contribution >= 0.6 is 0 Å². The van der Waals surface area contributed by atoms with Gasteiger partial charge in [0, 0.05) is 26.7 Å². The maximum atomic E-state index is 13.0. The first-order chi connectivity index (χ1) is 9.40. The summed E-state index contributed by atoms with van der Waals surface area (Å²) in [6.07, 6.45) is 2.27. The van der Waals surface area contributed by atoms with Gasteiger partial charge in [-0.15, -0.1) is 0 Å². The normalized spacial score (nSPS) is 17.4. The Hall–Kier alpha value is -0.980. The largest absolute Gasteiger partial charge is 0.309 e. The molecular weight excluding hydrogens is 279 g/mol. The van der Waals surface area contributed by atoms with Crippen molar-refractivity contribution in [2.75, 3.05) is 26.4 Å². The summed E-state index contributed by atoms with van der Waals surface area (Å²) >= 11 is 0. The second-order valence-electron chi connectivity index (χ2n) is 5.42. The number of hydrogen-bond acceptors (Lipinski definition) is 3. The summed E-state index contributed by atoms with van der Waals surface area (Å²) in [6, 6.07) is 6.55. The van der Waals surface area contributed by atoms with E-state index in [-0.39, 0.29) is 17.6 Å². The molecule has 6 heteroatoms. The van der Waals surface area contributed by atoms with E-state index in [9.17, 15) is 12.8 Å². The maximum absolute atomic E-state index is 13.0. The summed E-state index contributed by atoms with van der Waals surface area (Å²) in [5, 5.41) is 3.30. The van der Waals surface area contributed by atoms with Crippen molar-refractivity contribution in [3.8, 4) is 0 Å². The number of nitrogens with zero attached hydrogens (tertiary/aromatic N) is 1. The molecule has 112 valence electrons. The molecule has 0 spiro atoms. The third-order valence-corrected chi connectivity index (χ3v) is 5.44. The van der Waals surface area contributed by atoms with Gasteiger partial charge in [0.05, 0.1) is 5.75 Å². The monoisotopic (exact) mass is 300 g/mol. The lowest BCUT2D eigenvalue weighted by Gasteiger charge is -2.19. The van der Waals surface area contributed by atoms with Crippen LogP contribution in [0.3, 0.4) is 0 Å². The molecule has 0 radical (unpaired) electrons. The first-order valence-corrected chi connectivity index (χ1v) is 8.40. The van der Waals surface area contributed by atoms with Crippen LogP contribution in [0.4, 0.5) is 4.39 Å². The summed E-state index contributed by atoms with van der Waals surface area (Å²) in [6.45, 7) is 0.402. The average molecular weight is 300 g/mol. The van der Waals surface area contributed by atoms with Crippen molar-refractivity contribution in [1.29, 1.82) is 0 Å². The second-order valence-corrected chi connectivity index (χ2v) is 7.72. The molecule has 1 N–H and O–H groups in total. The number of sulfonamides is 1. The Morgan fingerprint density at radius 3 is 2.40 bits per heavy atom. The Morgan fingerprint density at radius 1 is 1.30 bits per heavy atom. The fraction of sp³-hybridized carbons (Fsp3) is 0.571. The molecule has 4 nitrogen and oxygen atoms in total. The predicted molar refractivity (Wildman–Crippen MR) is 77.3 cm³/mol. The van der Waals surface area contributed by atoms with Crippen LogP contribution in [0, 0.1) is 11.7 Å². The van der Waals surface area contributed by atoms with Gasteiger partial charge in [-0.3, -0.25) is 0 Å². The minimum absolute atomic E-state index is 0.0738. The van der Waals surface area contributed by atoms with Crippen LogP contribution in [0.15, 0.2) is 24.3 Å². The highest BCUT2D eigenvalue weighted by Crippen LogP contribution is 2.40. The van der Waals surface area contributed by atoms with Crippen LogP contribution in [0.25, 0.3) is 0 Å². The molecule has 1 saturated carbocycles. The molecule has 0 heterocycles. The van der Waals surface area contributed by atoms with Gasteiger partial charge in [-0.2, -0.15) is 0 Å². The van der Waals surface area contributed by atoms with E-state index in [4.69, 9.17) is 0 Å². The Labute approximate surface area is 120 Å². The van der Waals surface area contributed by atoms with E-state index >= 15 is 0 Å². The molecule has 1 fully saturated rings. The lowest BCUT2D eigenvalue weighted by atomic mass is 10.0. The van der Waals surface area contributed by atoms with E-state index in [0.717, 1.165) is 18.4 Å². The average Bonchev–Trinajstić information content (AvgIpc) is 3.20. The molecule has 0 saturated heterocycles. The number of halogens is 1. The van der Waals surface area contributed by atoms with E-state index in [1.165, 1.54) is 30.5 Å². The summed E-state index contributed by atoms with van der Waals surface area (Å²) in [5.41, 5.74) is 1.02. The van der Waals surface area contributed by atoms with Crippen LogP contribution in [0.1, 0.15) is 24.4 Å². The molecule has 0 aliphatic heterocycles. The van der Waals surface area contributed by atoms with Gasteiger partial charge >= 0.3 is 0 Å². The second kappa shape index (κ2) is 6.20. The topological polar surface area (TPSA) is 49.4 Å². The van der Waals surface area contributed by atoms with E-state index in [2.05, 4.69) is 5.32 Å². The SMILES string of the molecule is CN(C)S(=O)(=O)CCNC(c1ccc(F)cc1)C1CC1. The molecular formula is C14H21FN2O2S. The van der Waals surface area contributed by atoms with Crippen LogP contribution in [0.5, 0.6) is 0 Å². The molecule has 1 atom stereocenters. The molecule has 0 amide bonds. The van der Waals surface area contributed by atoms with Crippen molar-refractivity contribution in [3.05, 3.63) is 35.6 Å². The lowest BCUT2D eigenvalue weighted by Crippen LogP contribution is -2.33. The fourth-order valence-corrected chi connectivity index (χ4v) is 2.92. The minimum Gasteiger partial charge on any atom is -0.309 e. The number of rotatable bonds is 7. The third kappa shape index (κ3) is 4.01. The molecule has 1 aliphatic rings. The van der Waals surface area contributed by atoms with Gasteiger partial charge < -0.3 is 5.32 Å². The van der Waals surface area contributed by atoms with E-state index < -0.39 is 10.0 Å². The van der Waals surface area contributed by atoms with Crippen LogP contribution in [-0.4, -0.2) is 39.1 Å². The Kier molecular flexibility index (Phi) is 4.78. The zero-order chi connectivity index (χ0) is 14.8. The number of hydrogen-bond donors (Lipinski definition) is 1. The van der Waals surface area contributed by atoms with E-state index in [0.29, 0.717) is 12.5 Å². The summed E-state index contributed by atoms with van der Waals surface area (Å²) in [7, 11) is -0.106. The highest BCUT2D eigenvalue weighted by atomic mass is 32.2. The van der Waals surface area contributed by atoms with Gasteiger partial charge in [0.1, 0.15) is 5.82 Å². The molecule has 2 rings (SSSR count). The standard InChI is InChI=1S/C14H21FN2O2S/c1-17(2)20(18,19)10-9-16-14(11-3-4-11)12-5-7-13(15)8-6-12/h5-8,11,14,16H,3-4,9-10H2,1-2H3. The third-order valence-electron chi connectivity index (χ3n) is 3.60. The lowest BCUT2D eigenvalue weighted by molar-refractivity contribution is 0.482. The van der Waals surface area contributed by atoms with Gasteiger partial charge in [-0.25, -0.2) is 17.1 Å². The molecule has 0 aromatic heterocycles. The minimum atomic E-state index is -3.18. The Morgan fingerprint density at radius 2 is 1.90 bits per heavy atom. The molecule has 1 aromatic carbocycles. The fourth-order valence-electron chi connectivity index (χ4n) is 2.18. The molecule has 1 aliphatic carbocycles. The first kappa shape index (κ1) is 15.4. The predicted octanol–water partition coefficient (Wildman–Crippen LogP) is 1.76. The van der Waals surface area contributed by atoms with Gasteiger partial charge in [-0.1, -0.05) is 12.1 Å². The van der Waals surface area contributed by atoms with Gasteiger partial charge in [-0.05, 0) is 36.5 Å². The zero-order valence-electron chi connectivity index (χ0n) is 11.8.